The molecule has 4 heterocycles. The molecular weight excluding hydrogens is 448 g/mol. The summed E-state index contributed by atoms with van der Waals surface area (Å²) in [5.74, 6) is 0.850. The molecule has 0 saturated carbocycles. The molecule has 1 aliphatic rings. The Morgan fingerprint density at radius 2 is 1.94 bits per heavy atom. The van der Waals surface area contributed by atoms with Gasteiger partial charge in [0.1, 0.15) is 6.61 Å². The Morgan fingerprint density at radius 3 is 2.78 bits per heavy atom. The summed E-state index contributed by atoms with van der Waals surface area (Å²) in [6.45, 7) is 11.7. The molecule has 0 amide bonds. The molecule has 1 aromatic carbocycles. The van der Waals surface area contributed by atoms with E-state index >= 15 is 0 Å². The van der Waals surface area contributed by atoms with Crippen LogP contribution < -0.4 is 0 Å². The van der Waals surface area contributed by atoms with Crippen LogP contribution in [-0.4, -0.2) is 57.4 Å². The summed E-state index contributed by atoms with van der Waals surface area (Å²) >= 11 is 0. The second-order valence-corrected chi connectivity index (χ2v) is 9.23. The van der Waals surface area contributed by atoms with Crippen molar-refractivity contribution < 1.29 is 4.74 Å². The average molecular weight is 481 g/mol. The highest BCUT2D eigenvalue weighted by Gasteiger charge is 2.13. The lowest BCUT2D eigenvalue weighted by Gasteiger charge is -2.26. The molecule has 7 heteroatoms. The average Bonchev–Trinajstić information content (AvgIpc) is 3.32. The Kier molecular flexibility index (Phi) is 7.18. The third-order valence-electron chi connectivity index (χ3n) is 6.65. The summed E-state index contributed by atoms with van der Waals surface area (Å²) < 4.78 is 7.70. The number of fused-ring (bicyclic) bond motifs is 2. The van der Waals surface area contributed by atoms with Crippen molar-refractivity contribution in [2.45, 2.75) is 33.1 Å². The van der Waals surface area contributed by atoms with Crippen LogP contribution in [0, 0.1) is 6.92 Å². The van der Waals surface area contributed by atoms with Crippen molar-refractivity contribution in [2.75, 3.05) is 26.2 Å². The van der Waals surface area contributed by atoms with Crippen molar-refractivity contribution in [1.29, 1.82) is 0 Å². The number of aromatic nitrogens is 4. The zero-order valence-corrected chi connectivity index (χ0v) is 21.0. The quantitative estimate of drug-likeness (QED) is 0.184. The van der Waals surface area contributed by atoms with Crippen molar-refractivity contribution in [3.63, 3.8) is 0 Å². The van der Waals surface area contributed by atoms with Gasteiger partial charge in [0.25, 0.3) is 0 Å². The number of ether oxygens (including phenoxy) is 1. The molecule has 0 aliphatic carbocycles. The summed E-state index contributed by atoms with van der Waals surface area (Å²) in [5, 5.41) is 5.66. The lowest BCUT2D eigenvalue weighted by Crippen LogP contribution is -2.32. The maximum atomic E-state index is 5.92. The first-order valence-corrected chi connectivity index (χ1v) is 12.5. The predicted octanol–water partition coefficient (Wildman–Crippen LogP) is 5.70. The summed E-state index contributed by atoms with van der Waals surface area (Å²) in [7, 11) is 0. The fraction of sp³-hybridized carbons (Fsp3) is 0.310. The molecule has 0 spiro atoms. The Bertz CT molecular complexity index is 1440. The highest BCUT2D eigenvalue weighted by Crippen LogP contribution is 2.30. The van der Waals surface area contributed by atoms with Crippen LogP contribution in [0.25, 0.3) is 33.4 Å². The number of allylic oxidation sites excluding steroid dienone is 3. The van der Waals surface area contributed by atoms with Crippen LogP contribution in [-0.2, 0) is 4.74 Å². The van der Waals surface area contributed by atoms with E-state index < -0.39 is 0 Å². The van der Waals surface area contributed by atoms with E-state index in [4.69, 9.17) is 9.72 Å². The second-order valence-electron chi connectivity index (χ2n) is 9.23. The molecule has 5 rings (SSSR count). The number of hydrogen-bond donors (Lipinski definition) is 0. The lowest BCUT2D eigenvalue weighted by atomic mass is 10.0. The van der Waals surface area contributed by atoms with Crippen molar-refractivity contribution in [1.82, 2.24) is 24.5 Å². The van der Waals surface area contributed by atoms with Gasteiger partial charge < -0.3 is 4.74 Å². The minimum absolute atomic E-state index is 0.694. The predicted molar refractivity (Wildman–Crippen MR) is 146 cm³/mol. The van der Waals surface area contributed by atoms with Crippen molar-refractivity contribution in [2.24, 2.45) is 4.99 Å². The standard InChI is InChI=1S/C29H32N6O/c1-21-10-12-25-24(8-7-9-28(25)33-21)26-19-32-35-20-23(18-31-29(26)35)27(30-3)13-11-22(2)36-17-16-34-14-5-4-6-15-34/h7-13,18-20H,3-6,14-17H2,1-2H3/b22-11+,27-13-. The lowest BCUT2D eigenvalue weighted by molar-refractivity contribution is 0.144. The number of pyridine rings is 1. The van der Waals surface area contributed by atoms with Gasteiger partial charge in [0.15, 0.2) is 5.65 Å². The SMILES string of the molecule is C=N/C(=C\C=C(/C)OCCN1CCCCC1)c1cnc2c(-c3cccc4nc(C)ccc34)cnn2c1. The van der Waals surface area contributed by atoms with E-state index in [1.54, 1.807) is 4.52 Å². The molecule has 0 radical (unpaired) electrons. The molecule has 36 heavy (non-hydrogen) atoms. The fourth-order valence-corrected chi connectivity index (χ4v) is 4.69. The first-order chi connectivity index (χ1) is 17.6. The first-order valence-electron chi connectivity index (χ1n) is 12.5. The number of benzene rings is 1. The number of aryl methyl sites for hydroxylation is 1. The van der Waals surface area contributed by atoms with E-state index in [1.807, 2.05) is 62.8 Å². The highest BCUT2D eigenvalue weighted by molar-refractivity contribution is 5.98. The van der Waals surface area contributed by atoms with Crippen molar-refractivity contribution in [3.05, 3.63) is 78.1 Å². The molecule has 0 bridgehead atoms. The Hall–Kier alpha value is -3.84. The molecular formula is C29H32N6O. The molecule has 0 N–H and O–H groups in total. The monoisotopic (exact) mass is 480 g/mol. The number of nitrogens with zero attached hydrogens (tertiary/aromatic N) is 6. The third kappa shape index (κ3) is 5.21. The molecule has 7 nitrogen and oxygen atoms in total. The minimum Gasteiger partial charge on any atom is -0.497 e. The van der Waals surface area contributed by atoms with Gasteiger partial charge in [-0.1, -0.05) is 24.6 Å². The van der Waals surface area contributed by atoms with Gasteiger partial charge in [-0.3, -0.25) is 14.9 Å². The van der Waals surface area contributed by atoms with Gasteiger partial charge in [0.2, 0.25) is 0 Å². The molecule has 0 unspecified atom stereocenters. The van der Waals surface area contributed by atoms with E-state index in [9.17, 15) is 0 Å². The summed E-state index contributed by atoms with van der Waals surface area (Å²) in [5.41, 5.74) is 6.31. The van der Waals surface area contributed by atoms with E-state index in [2.05, 4.69) is 38.8 Å². The van der Waals surface area contributed by atoms with Crippen LogP contribution in [0.2, 0.25) is 0 Å². The molecule has 0 atom stereocenters. The van der Waals surface area contributed by atoms with Crippen LogP contribution in [0.1, 0.15) is 37.4 Å². The first kappa shape index (κ1) is 23.9. The van der Waals surface area contributed by atoms with Gasteiger partial charge in [-0.25, -0.2) is 9.50 Å². The van der Waals surface area contributed by atoms with E-state index in [-0.39, 0.29) is 0 Å². The van der Waals surface area contributed by atoms with Gasteiger partial charge in [0.05, 0.1) is 23.2 Å². The smallest absolute Gasteiger partial charge is 0.162 e. The van der Waals surface area contributed by atoms with Gasteiger partial charge in [-0.2, -0.15) is 5.10 Å². The van der Waals surface area contributed by atoms with Crippen molar-refractivity contribution in [3.8, 4) is 11.1 Å². The largest absolute Gasteiger partial charge is 0.497 e. The minimum atomic E-state index is 0.694. The third-order valence-corrected chi connectivity index (χ3v) is 6.65. The fourth-order valence-electron chi connectivity index (χ4n) is 4.69. The molecule has 1 fully saturated rings. The van der Waals surface area contributed by atoms with Crippen LogP contribution in [0.15, 0.2) is 71.8 Å². The van der Waals surface area contributed by atoms with Crippen LogP contribution in [0.3, 0.4) is 0 Å². The van der Waals surface area contributed by atoms with Gasteiger partial charge >= 0.3 is 0 Å². The number of rotatable bonds is 8. The maximum absolute atomic E-state index is 5.92. The number of hydrogen-bond acceptors (Lipinski definition) is 6. The molecule has 4 aromatic rings. The normalized spacial score (nSPS) is 15.5. The van der Waals surface area contributed by atoms with Crippen molar-refractivity contribution >= 4 is 29.0 Å². The zero-order chi connectivity index (χ0) is 24.9. The maximum Gasteiger partial charge on any atom is 0.162 e. The highest BCUT2D eigenvalue weighted by atomic mass is 16.5. The molecule has 3 aromatic heterocycles. The summed E-state index contributed by atoms with van der Waals surface area (Å²) in [6.07, 6.45) is 13.4. The topological polar surface area (TPSA) is 67.9 Å². The second kappa shape index (κ2) is 10.8. The van der Waals surface area contributed by atoms with Gasteiger partial charge in [-0.05, 0) is 76.3 Å². The molecule has 1 saturated heterocycles. The van der Waals surface area contributed by atoms with Crippen LogP contribution in [0.5, 0.6) is 0 Å². The number of piperidine rings is 1. The summed E-state index contributed by atoms with van der Waals surface area (Å²) in [4.78, 5) is 16.1. The Labute approximate surface area is 211 Å². The summed E-state index contributed by atoms with van der Waals surface area (Å²) in [6, 6.07) is 10.3. The Balaban J connectivity index is 1.34. The van der Waals surface area contributed by atoms with Gasteiger partial charge in [0, 0.05) is 41.1 Å². The van der Waals surface area contributed by atoms with Gasteiger partial charge in [-0.15, -0.1) is 0 Å². The Morgan fingerprint density at radius 1 is 1.08 bits per heavy atom. The molecule has 184 valence electrons. The zero-order valence-electron chi connectivity index (χ0n) is 21.0. The van der Waals surface area contributed by atoms with E-state index in [0.717, 1.165) is 51.2 Å². The van der Waals surface area contributed by atoms with E-state index in [1.165, 1.54) is 32.4 Å². The number of aliphatic imine (C=N–C) groups is 1. The molecule has 1 aliphatic heterocycles. The van der Waals surface area contributed by atoms with E-state index in [0.29, 0.717) is 12.3 Å². The number of likely N-dealkylation sites (tertiary alicyclic amines) is 1. The van der Waals surface area contributed by atoms with Crippen LogP contribution in [0.4, 0.5) is 0 Å². The van der Waals surface area contributed by atoms with Crippen LogP contribution >= 0.6 is 0 Å².